The van der Waals surface area contributed by atoms with Crippen LogP contribution < -0.4 is 19.5 Å². The maximum absolute atomic E-state index is 11.8. The third-order valence-corrected chi connectivity index (χ3v) is 2.55. The summed E-state index contributed by atoms with van der Waals surface area (Å²) in [7, 11) is 3.02. The Kier molecular flexibility index (Phi) is 4.92. The van der Waals surface area contributed by atoms with Crippen LogP contribution in [0.1, 0.15) is 0 Å². The van der Waals surface area contributed by atoms with Crippen LogP contribution in [-0.2, 0) is 4.79 Å². The number of nitrogens with one attached hydrogen (secondary N) is 1. The second kappa shape index (κ2) is 7.09. The highest BCUT2D eigenvalue weighted by atomic mass is 16.5. The molecule has 0 aliphatic rings. The number of methoxy groups -OCH3 is 2. The van der Waals surface area contributed by atoms with Gasteiger partial charge in [-0.25, -0.2) is 9.97 Å². The van der Waals surface area contributed by atoms with Crippen molar-refractivity contribution in [3.05, 3.63) is 36.7 Å². The van der Waals surface area contributed by atoms with Crippen molar-refractivity contribution >= 4 is 11.7 Å². The van der Waals surface area contributed by atoms with Gasteiger partial charge in [0.25, 0.3) is 5.91 Å². The zero-order valence-electron chi connectivity index (χ0n) is 11.7. The van der Waals surface area contributed by atoms with Gasteiger partial charge in [0.05, 0.1) is 14.2 Å². The highest BCUT2D eigenvalue weighted by Crippen LogP contribution is 2.25. The first-order valence-corrected chi connectivity index (χ1v) is 6.14. The van der Waals surface area contributed by atoms with Crippen LogP contribution in [-0.4, -0.2) is 36.7 Å². The third kappa shape index (κ3) is 4.07. The molecule has 110 valence electrons. The fourth-order valence-electron chi connectivity index (χ4n) is 1.58. The summed E-state index contributed by atoms with van der Waals surface area (Å²) in [5, 5.41) is 2.59. The molecule has 0 aliphatic carbocycles. The molecule has 0 atom stereocenters. The minimum absolute atomic E-state index is 0.160. The standard InChI is InChI=1S/C14H15N3O4/c1-19-10-5-3-4-6-11(10)21-8-13(18)17-12-7-14(20-2)16-9-15-12/h3-7,9H,8H2,1-2H3,(H,15,16,17,18). The van der Waals surface area contributed by atoms with E-state index in [1.165, 1.54) is 26.6 Å². The summed E-state index contributed by atoms with van der Waals surface area (Å²) in [6, 6.07) is 8.60. The van der Waals surface area contributed by atoms with E-state index < -0.39 is 0 Å². The molecule has 1 heterocycles. The van der Waals surface area contributed by atoms with Crippen LogP contribution in [0.3, 0.4) is 0 Å². The number of hydrogen-bond acceptors (Lipinski definition) is 6. The van der Waals surface area contributed by atoms with Gasteiger partial charge in [0, 0.05) is 6.07 Å². The van der Waals surface area contributed by atoms with E-state index in [1.807, 2.05) is 6.07 Å². The van der Waals surface area contributed by atoms with Crippen molar-refractivity contribution in [2.24, 2.45) is 0 Å². The molecule has 1 N–H and O–H groups in total. The molecule has 2 rings (SSSR count). The van der Waals surface area contributed by atoms with Crippen molar-refractivity contribution in [2.45, 2.75) is 0 Å². The molecule has 0 unspecified atom stereocenters. The number of carbonyl (C=O) groups excluding carboxylic acids is 1. The Balaban J connectivity index is 1.92. The zero-order valence-corrected chi connectivity index (χ0v) is 11.7. The smallest absolute Gasteiger partial charge is 0.263 e. The SMILES string of the molecule is COc1cc(NC(=O)COc2ccccc2OC)ncn1. The van der Waals surface area contributed by atoms with E-state index in [1.54, 1.807) is 18.2 Å². The first-order chi connectivity index (χ1) is 10.2. The van der Waals surface area contributed by atoms with Crippen LogP contribution in [0, 0.1) is 0 Å². The second-order valence-corrected chi connectivity index (χ2v) is 3.93. The van der Waals surface area contributed by atoms with Crippen LogP contribution in [0.4, 0.5) is 5.82 Å². The molecule has 7 nitrogen and oxygen atoms in total. The van der Waals surface area contributed by atoms with Gasteiger partial charge in [-0.2, -0.15) is 0 Å². The van der Waals surface area contributed by atoms with Gasteiger partial charge in [-0.3, -0.25) is 4.79 Å². The van der Waals surface area contributed by atoms with Gasteiger partial charge in [0.1, 0.15) is 12.1 Å². The quantitative estimate of drug-likeness (QED) is 0.868. The highest BCUT2D eigenvalue weighted by molar-refractivity contribution is 5.91. The Morgan fingerprint density at radius 2 is 1.90 bits per heavy atom. The van der Waals surface area contributed by atoms with Crippen molar-refractivity contribution < 1.29 is 19.0 Å². The topological polar surface area (TPSA) is 82.6 Å². The Bertz CT molecular complexity index is 619. The molecular weight excluding hydrogens is 274 g/mol. The van der Waals surface area contributed by atoms with Crippen molar-refractivity contribution in [1.82, 2.24) is 9.97 Å². The molecule has 2 aromatic rings. The summed E-state index contributed by atoms with van der Waals surface area (Å²) >= 11 is 0. The number of para-hydroxylation sites is 2. The average molecular weight is 289 g/mol. The molecule has 0 fully saturated rings. The normalized spacial score (nSPS) is 9.81. The number of hydrogen-bond donors (Lipinski definition) is 1. The maximum Gasteiger partial charge on any atom is 0.263 e. The number of ether oxygens (including phenoxy) is 3. The van der Waals surface area contributed by atoms with E-state index in [9.17, 15) is 4.79 Å². The number of benzene rings is 1. The molecule has 7 heteroatoms. The van der Waals surface area contributed by atoms with Crippen LogP contribution in [0.25, 0.3) is 0 Å². The molecule has 0 bridgehead atoms. The van der Waals surface area contributed by atoms with Gasteiger partial charge in [0.15, 0.2) is 18.1 Å². The minimum Gasteiger partial charge on any atom is -0.493 e. The number of rotatable bonds is 6. The lowest BCUT2D eigenvalue weighted by Crippen LogP contribution is -2.21. The summed E-state index contributed by atoms with van der Waals surface area (Å²) in [4.78, 5) is 19.6. The van der Waals surface area contributed by atoms with E-state index in [4.69, 9.17) is 14.2 Å². The second-order valence-electron chi connectivity index (χ2n) is 3.93. The molecule has 21 heavy (non-hydrogen) atoms. The van der Waals surface area contributed by atoms with Crippen LogP contribution in [0.2, 0.25) is 0 Å². The Hall–Kier alpha value is -2.83. The van der Waals surface area contributed by atoms with Crippen molar-refractivity contribution in [3.63, 3.8) is 0 Å². The zero-order chi connectivity index (χ0) is 15.1. The van der Waals surface area contributed by atoms with E-state index in [-0.39, 0.29) is 12.5 Å². The number of carbonyl (C=O) groups is 1. The van der Waals surface area contributed by atoms with E-state index in [0.717, 1.165) is 0 Å². The first-order valence-electron chi connectivity index (χ1n) is 6.14. The van der Waals surface area contributed by atoms with Crippen LogP contribution in [0.15, 0.2) is 36.7 Å². The van der Waals surface area contributed by atoms with Gasteiger partial charge < -0.3 is 19.5 Å². The van der Waals surface area contributed by atoms with Gasteiger partial charge in [-0.1, -0.05) is 12.1 Å². The number of amides is 1. The predicted molar refractivity (Wildman–Crippen MR) is 75.7 cm³/mol. The number of anilines is 1. The van der Waals surface area contributed by atoms with Gasteiger partial charge in [-0.05, 0) is 12.1 Å². The molecule has 0 saturated carbocycles. The van der Waals surface area contributed by atoms with Gasteiger partial charge in [0.2, 0.25) is 5.88 Å². The molecule has 0 spiro atoms. The molecule has 0 saturated heterocycles. The maximum atomic E-state index is 11.8. The highest BCUT2D eigenvalue weighted by Gasteiger charge is 2.08. The molecule has 0 aliphatic heterocycles. The van der Waals surface area contributed by atoms with E-state index >= 15 is 0 Å². The van der Waals surface area contributed by atoms with E-state index in [0.29, 0.717) is 23.2 Å². The average Bonchev–Trinajstić information content (AvgIpc) is 2.53. The molecule has 1 aromatic heterocycles. The van der Waals surface area contributed by atoms with E-state index in [2.05, 4.69) is 15.3 Å². The first kappa shape index (κ1) is 14.6. The summed E-state index contributed by atoms with van der Waals surface area (Å²) in [6.07, 6.45) is 1.30. The summed E-state index contributed by atoms with van der Waals surface area (Å²) in [5.41, 5.74) is 0. The number of nitrogens with zero attached hydrogens (tertiary/aromatic N) is 2. The third-order valence-electron chi connectivity index (χ3n) is 2.55. The monoisotopic (exact) mass is 289 g/mol. The molecule has 1 amide bonds. The molecule has 1 aromatic carbocycles. The fourth-order valence-corrected chi connectivity index (χ4v) is 1.58. The van der Waals surface area contributed by atoms with Crippen molar-refractivity contribution in [1.29, 1.82) is 0 Å². The summed E-state index contributed by atoms with van der Waals surface area (Å²) < 4.78 is 15.5. The predicted octanol–water partition coefficient (Wildman–Crippen LogP) is 1.51. The summed E-state index contributed by atoms with van der Waals surface area (Å²) in [5.74, 6) is 1.42. The summed E-state index contributed by atoms with van der Waals surface area (Å²) in [6.45, 7) is -0.160. The Labute approximate surface area is 121 Å². The van der Waals surface area contributed by atoms with Gasteiger partial charge in [-0.15, -0.1) is 0 Å². The lowest BCUT2D eigenvalue weighted by molar-refractivity contribution is -0.118. The largest absolute Gasteiger partial charge is 0.493 e. The fraction of sp³-hybridized carbons (Fsp3) is 0.214. The minimum atomic E-state index is -0.346. The Morgan fingerprint density at radius 1 is 1.14 bits per heavy atom. The van der Waals surface area contributed by atoms with Crippen LogP contribution in [0.5, 0.6) is 17.4 Å². The van der Waals surface area contributed by atoms with Crippen molar-refractivity contribution in [3.8, 4) is 17.4 Å². The van der Waals surface area contributed by atoms with Crippen molar-refractivity contribution in [2.75, 3.05) is 26.1 Å². The lowest BCUT2D eigenvalue weighted by Gasteiger charge is -2.10. The van der Waals surface area contributed by atoms with Gasteiger partial charge >= 0.3 is 0 Å². The van der Waals surface area contributed by atoms with Crippen LogP contribution >= 0.6 is 0 Å². The number of aromatic nitrogens is 2. The molecule has 0 radical (unpaired) electrons. The molecular formula is C14H15N3O4. The Morgan fingerprint density at radius 3 is 2.62 bits per heavy atom. The lowest BCUT2D eigenvalue weighted by atomic mass is 10.3.